The molecule has 0 radical (unpaired) electrons. The van der Waals surface area contributed by atoms with Crippen LogP contribution in [0.3, 0.4) is 0 Å². The summed E-state index contributed by atoms with van der Waals surface area (Å²) in [6.07, 6.45) is 1.54. The van der Waals surface area contributed by atoms with Gasteiger partial charge < -0.3 is 9.84 Å². The van der Waals surface area contributed by atoms with Gasteiger partial charge in [-0.1, -0.05) is 0 Å². The number of rotatable bonds is 3. The number of thiazole rings is 1. The minimum Gasteiger partial charge on any atom is -0.394 e. The first-order valence-corrected chi connectivity index (χ1v) is 7.82. The third-order valence-corrected chi connectivity index (χ3v) is 4.25. The molecule has 1 unspecified atom stereocenters. The zero-order valence-electron chi connectivity index (χ0n) is 12.2. The molecule has 21 heavy (non-hydrogen) atoms. The van der Waals surface area contributed by atoms with Crippen molar-refractivity contribution in [3.05, 3.63) is 33.7 Å². The van der Waals surface area contributed by atoms with Crippen LogP contribution in [0.5, 0.6) is 0 Å². The Balaban J connectivity index is 1.82. The molecule has 1 fully saturated rings. The van der Waals surface area contributed by atoms with Gasteiger partial charge in [0.05, 0.1) is 24.0 Å². The molecule has 3 heterocycles. The third kappa shape index (κ3) is 3.16. The molecule has 0 amide bonds. The lowest BCUT2D eigenvalue weighted by atomic mass is 10.1. The third-order valence-electron chi connectivity index (χ3n) is 3.50. The molecule has 1 atom stereocenters. The van der Waals surface area contributed by atoms with E-state index in [0.29, 0.717) is 18.1 Å². The maximum atomic E-state index is 12.0. The van der Waals surface area contributed by atoms with Crippen molar-refractivity contribution in [2.75, 3.05) is 19.7 Å². The minimum atomic E-state index is -0.312. The SMILES string of the molecule is CC1(C)CN(Cc2cc(=O)n3ccsc3n2)CC(CO)O1. The van der Waals surface area contributed by atoms with Crippen molar-refractivity contribution in [3.8, 4) is 0 Å². The Labute approximate surface area is 126 Å². The summed E-state index contributed by atoms with van der Waals surface area (Å²) in [6.45, 7) is 5.99. The van der Waals surface area contributed by atoms with E-state index in [2.05, 4.69) is 9.88 Å². The number of hydrogen-bond acceptors (Lipinski definition) is 6. The summed E-state index contributed by atoms with van der Waals surface area (Å²) in [7, 11) is 0. The van der Waals surface area contributed by atoms with Crippen LogP contribution in [0.4, 0.5) is 0 Å². The Morgan fingerprint density at radius 3 is 3.14 bits per heavy atom. The first-order chi connectivity index (χ1) is 9.97. The fourth-order valence-corrected chi connectivity index (χ4v) is 3.57. The number of ether oxygens (including phenoxy) is 1. The van der Waals surface area contributed by atoms with Crippen molar-refractivity contribution in [1.82, 2.24) is 14.3 Å². The summed E-state index contributed by atoms with van der Waals surface area (Å²) < 4.78 is 7.35. The van der Waals surface area contributed by atoms with Crippen molar-refractivity contribution in [2.24, 2.45) is 0 Å². The molecule has 0 saturated carbocycles. The first kappa shape index (κ1) is 14.6. The van der Waals surface area contributed by atoms with Crippen molar-refractivity contribution in [3.63, 3.8) is 0 Å². The molecule has 2 aromatic rings. The summed E-state index contributed by atoms with van der Waals surface area (Å²) in [4.78, 5) is 19.4. The fourth-order valence-electron chi connectivity index (χ4n) is 2.83. The topological polar surface area (TPSA) is 67.1 Å². The van der Waals surface area contributed by atoms with E-state index >= 15 is 0 Å². The average molecular weight is 309 g/mol. The molecule has 1 aliphatic heterocycles. The van der Waals surface area contributed by atoms with Crippen LogP contribution in [-0.4, -0.2) is 50.8 Å². The molecule has 7 heteroatoms. The highest BCUT2D eigenvalue weighted by molar-refractivity contribution is 7.15. The predicted octanol–water partition coefficient (Wildman–Crippen LogP) is 0.728. The molecule has 0 bridgehead atoms. The molecular formula is C14H19N3O3S. The van der Waals surface area contributed by atoms with E-state index in [-0.39, 0.29) is 23.9 Å². The van der Waals surface area contributed by atoms with Crippen LogP contribution in [0, 0.1) is 0 Å². The standard InChI is InChI=1S/C14H19N3O3S/c1-14(2)9-16(7-11(8-18)20-14)6-10-5-12(19)17-3-4-21-13(17)15-10/h3-5,11,18H,6-9H2,1-2H3. The second kappa shape index (κ2) is 5.49. The van der Waals surface area contributed by atoms with Gasteiger partial charge in [0, 0.05) is 37.3 Å². The minimum absolute atomic E-state index is 0.0000241. The van der Waals surface area contributed by atoms with E-state index in [0.717, 1.165) is 12.2 Å². The van der Waals surface area contributed by atoms with Crippen molar-refractivity contribution >= 4 is 16.3 Å². The largest absolute Gasteiger partial charge is 0.394 e. The summed E-state index contributed by atoms with van der Waals surface area (Å²) in [6, 6.07) is 1.58. The smallest absolute Gasteiger partial charge is 0.258 e. The van der Waals surface area contributed by atoms with Gasteiger partial charge in [-0.3, -0.25) is 14.1 Å². The first-order valence-electron chi connectivity index (χ1n) is 6.94. The number of morpholine rings is 1. The van der Waals surface area contributed by atoms with Crippen LogP contribution >= 0.6 is 11.3 Å². The highest BCUT2D eigenvalue weighted by Gasteiger charge is 2.33. The van der Waals surface area contributed by atoms with Gasteiger partial charge in [0.15, 0.2) is 4.96 Å². The van der Waals surface area contributed by atoms with Crippen molar-refractivity contribution in [2.45, 2.75) is 32.1 Å². The Kier molecular flexibility index (Phi) is 3.83. The number of aliphatic hydroxyl groups excluding tert-OH is 1. The van der Waals surface area contributed by atoms with Gasteiger partial charge in [-0.2, -0.15) is 0 Å². The molecule has 2 aromatic heterocycles. The molecule has 0 spiro atoms. The highest BCUT2D eigenvalue weighted by Crippen LogP contribution is 2.22. The zero-order valence-corrected chi connectivity index (χ0v) is 13.0. The number of aromatic nitrogens is 2. The van der Waals surface area contributed by atoms with E-state index in [1.165, 1.54) is 11.3 Å². The Bertz CT molecular complexity index is 694. The second-order valence-corrected chi connectivity index (χ2v) is 6.87. The summed E-state index contributed by atoms with van der Waals surface area (Å²) in [5, 5.41) is 11.2. The van der Waals surface area contributed by atoms with Gasteiger partial charge in [-0.05, 0) is 13.8 Å². The molecule has 3 rings (SSSR count). The van der Waals surface area contributed by atoms with Crippen LogP contribution in [0.15, 0.2) is 22.4 Å². The van der Waals surface area contributed by atoms with Crippen LogP contribution in [0.25, 0.3) is 4.96 Å². The quantitative estimate of drug-likeness (QED) is 0.905. The van der Waals surface area contributed by atoms with E-state index < -0.39 is 0 Å². The fraction of sp³-hybridized carbons (Fsp3) is 0.571. The number of hydrogen-bond donors (Lipinski definition) is 1. The van der Waals surface area contributed by atoms with E-state index in [1.54, 1.807) is 16.7 Å². The van der Waals surface area contributed by atoms with E-state index in [9.17, 15) is 9.90 Å². The van der Waals surface area contributed by atoms with E-state index in [1.807, 2.05) is 19.2 Å². The Hall–Kier alpha value is -1.28. The van der Waals surface area contributed by atoms with E-state index in [4.69, 9.17) is 4.74 Å². The highest BCUT2D eigenvalue weighted by atomic mass is 32.1. The number of aliphatic hydroxyl groups is 1. The lowest BCUT2D eigenvalue weighted by Crippen LogP contribution is -2.53. The maximum absolute atomic E-state index is 12.0. The Morgan fingerprint density at radius 2 is 2.38 bits per heavy atom. The van der Waals surface area contributed by atoms with Crippen LogP contribution < -0.4 is 5.56 Å². The predicted molar refractivity (Wildman–Crippen MR) is 80.7 cm³/mol. The van der Waals surface area contributed by atoms with Crippen LogP contribution in [-0.2, 0) is 11.3 Å². The van der Waals surface area contributed by atoms with Gasteiger partial charge in [0.2, 0.25) is 0 Å². The zero-order chi connectivity index (χ0) is 15.0. The van der Waals surface area contributed by atoms with Gasteiger partial charge >= 0.3 is 0 Å². The molecule has 1 aliphatic rings. The number of fused-ring (bicyclic) bond motifs is 1. The molecule has 6 nitrogen and oxygen atoms in total. The molecule has 114 valence electrons. The van der Waals surface area contributed by atoms with Gasteiger partial charge in [-0.25, -0.2) is 4.98 Å². The van der Waals surface area contributed by atoms with Gasteiger partial charge in [0.1, 0.15) is 0 Å². The van der Waals surface area contributed by atoms with Crippen molar-refractivity contribution in [1.29, 1.82) is 0 Å². The summed E-state index contributed by atoms with van der Waals surface area (Å²) in [5.41, 5.74) is 0.396. The van der Waals surface area contributed by atoms with Crippen LogP contribution in [0.2, 0.25) is 0 Å². The molecule has 0 aromatic carbocycles. The van der Waals surface area contributed by atoms with Gasteiger partial charge in [0.25, 0.3) is 5.56 Å². The Morgan fingerprint density at radius 1 is 1.57 bits per heavy atom. The van der Waals surface area contributed by atoms with Crippen LogP contribution in [0.1, 0.15) is 19.5 Å². The number of nitrogens with zero attached hydrogens (tertiary/aromatic N) is 3. The average Bonchev–Trinajstić information content (AvgIpc) is 2.85. The van der Waals surface area contributed by atoms with Crippen molar-refractivity contribution < 1.29 is 9.84 Å². The maximum Gasteiger partial charge on any atom is 0.258 e. The normalized spacial score (nSPS) is 22.7. The molecule has 1 saturated heterocycles. The van der Waals surface area contributed by atoms with Gasteiger partial charge in [-0.15, -0.1) is 11.3 Å². The molecule has 0 aliphatic carbocycles. The lowest BCUT2D eigenvalue weighted by Gasteiger charge is -2.42. The summed E-state index contributed by atoms with van der Waals surface area (Å²) >= 11 is 1.45. The summed E-state index contributed by atoms with van der Waals surface area (Å²) in [5.74, 6) is 0. The lowest BCUT2D eigenvalue weighted by molar-refractivity contribution is -0.150. The molecule has 1 N–H and O–H groups in total. The monoisotopic (exact) mass is 309 g/mol. The molecular weight excluding hydrogens is 290 g/mol. The second-order valence-electron chi connectivity index (χ2n) is 5.99.